The second-order valence-corrected chi connectivity index (χ2v) is 10.3. The fraction of sp³-hybridized carbons (Fsp3) is 0.323. The van der Waals surface area contributed by atoms with Gasteiger partial charge < -0.3 is 19.9 Å². The van der Waals surface area contributed by atoms with E-state index in [2.05, 4.69) is 17.4 Å². The van der Waals surface area contributed by atoms with E-state index in [1.165, 1.54) is 17.7 Å². The van der Waals surface area contributed by atoms with Crippen LogP contribution in [0.25, 0.3) is 0 Å². The molecule has 2 heterocycles. The summed E-state index contributed by atoms with van der Waals surface area (Å²) < 4.78 is 18.9. The Kier molecular flexibility index (Phi) is 8.71. The number of halogens is 1. The van der Waals surface area contributed by atoms with Crippen LogP contribution in [-0.2, 0) is 20.8 Å². The normalized spacial score (nSPS) is 19.3. The Labute approximate surface area is 233 Å². The van der Waals surface area contributed by atoms with E-state index < -0.39 is 6.04 Å². The maximum absolute atomic E-state index is 13.5. The van der Waals surface area contributed by atoms with Crippen molar-refractivity contribution in [2.75, 3.05) is 44.6 Å². The Hall–Kier alpha value is -4.24. The monoisotopic (exact) mass is 544 g/mol. The molecule has 3 amide bonds. The van der Waals surface area contributed by atoms with Crippen LogP contribution in [0.1, 0.15) is 12.0 Å². The SMILES string of the molecule is O=CN1CCN(CC(=O)N2C[C@H](Cc3ccccc3)C[C@H]2C(=O)Nc2ccc(Oc3ccc(F)cc3)cc2)CC1. The summed E-state index contributed by atoms with van der Waals surface area (Å²) in [5.74, 6) is 0.604. The second kappa shape index (κ2) is 12.7. The molecule has 0 bridgehead atoms. The highest BCUT2D eigenvalue weighted by Crippen LogP contribution is 2.29. The minimum atomic E-state index is -0.576. The first kappa shape index (κ1) is 27.3. The lowest BCUT2D eigenvalue weighted by molar-refractivity contribution is -0.138. The van der Waals surface area contributed by atoms with Crippen molar-refractivity contribution in [3.05, 3.63) is 90.2 Å². The third-order valence-corrected chi connectivity index (χ3v) is 7.46. The highest BCUT2D eigenvalue weighted by atomic mass is 19.1. The van der Waals surface area contributed by atoms with Gasteiger partial charge in [0.1, 0.15) is 23.4 Å². The van der Waals surface area contributed by atoms with Gasteiger partial charge in [0.25, 0.3) is 0 Å². The lowest BCUT2D eigenvalue weighted by Gasteiger charge is -2.33. The molecule has 9 heteroatoms. The number of nitrogens with zero attached hydrogens (tertiary/aromatic N) is 3. The van der Waals surface area contributed by atoms with Gasteiger partial charge in [-0.05, 0) is 72.9 Å². The fourth-order valence-corrected chi connectivity index (χ4v) is 5.32. The smallest absolute Gasteiger partial charge is 0.247 e. The molecule has 0 radical (unpaired) electrons. The zero-order valence-electron chi connectivity index (χ0n) is 22.2. The van der Waals surface area contributed by atoms with Gasteiger partial charge >= 0.3 is 0 Å². The van der Waals surface area contributed by atoms with E-state index in [9.17, 15) is 18.8 Å². The van der Waals surface area contributed by atoms with Crippen molar-refractivity contribution in [1.82, 2.24) is 14.7 Å². The summed E-state index contributed by atoms with van der Waals surface area (Å²) in [7, 11) is 0. The van der Waals surface area contributed by atoms with Gasteiger partial charge in [-0.25, -0.2) is 4.39 Å². The summed E-state index contributed by atoms with van der Waals surface area (Å²) in [5.41, 5.74) is 1.78. The number of nitrogens with one attached hydrogen (secondary N) is 1. The van der Waals surface area contributed by atoms with Gasteiger partial charge in [-0.15, -0.1) is 0 Å². The molecule has 0 aliphatic carbocycles. The molecule has 1 N–H and O–H groups in total. The molecule has 2 aliphatic heterocycles. The molecule has 3 aromatic carbocycles. The first-order valence-corrected chi connectivity index (χ1v) is 13.6. The van der Waals surface area contributed by atoms with Gasteiger partial charge in [-0.3, -0.25) is 19.3 Å². The molecular weight excluding hydrogens is 511 g/mol. The van der Waals surface area contributed by atoms with Crippen LogP contribution < -0.4 is 10.1 Å². The van der Waals surface area contributed by atoms with Crippen molar-refractivity contribution in [2.24, 2.45) is 5.92 Å². The number of amides is 3. The summed E-state index contributed by atoms with van der Waals surface area (Å²) in [6.45, 7) is 3.20. The minimum absolute atomic E-state index is 0.0710. The summed E-state index contributed by atoms with van der Waals surface area (Å²) >= 11 is 0. The van der Waals surface area contributed by atoms with Crippen molar-refractivity contribution >= 4 is 23.9 Å². The van der Waals surface area contributed by atoms with Crippen molar-refractivity contribution in [3.8, 4) is 11.5 Å². The van der Waals surface area contributed by atoms with Gasteiger partial charge in [0, 0.05) is 38.4 Å². The van der Waals surface area contributed by atoms with Gasteiger partial charge in [-0.2, -0.15) is 0 Å². The summed E-state index contributed by atoms with van der Waals surface area (Å²) in [5, 5.41) is 2.97. The quantitative estimate of drug-likeness (QED) is 0.415. The van der Waals surface area contributed by atoms with E-state index in [0.29, 0.717) is 56.3 Å². The van der Waals surface area contributed by atoms with Crippen molar-refractivity contribution in [1.29, 1.82) is 0 Å². The molecule has 0 aromatic heterocycles. The van der Waals surface area contributed by atoms with Crippen LogP contribution >= 0.6 is 0 Å². The molecule has 8 nitrogen and oxygen atoms in total. The first-order valence-electron chi connectivity index (χ1n) is 13.6. The molecule has 40 heavy (non-hydrogen) atoms. The van der Waals surface area contributed by atoms with Crippen molar-refractivity contribution in [3.63, 3.8) is 0 Å². The number of benzene rings is 3. The van der Waals surface area contributed by atoms with Crippen LogP contribution in [0.5, 0.6) is 11.5 Å². The Morgan fingerprint density at radius 1 is 0.900 bits per heavy atom. The number of carbonyl (C=O) groups excluding carboxylic acids is 3. The van der Waals surface area contributed by atoms with Crippen LogP contribution in [0, 0.1) is 11.7 Å². The lowest BCUT2D eigenvalue weighted by atomic mass is 9.96. The number of hydrogen-bond donors (Lipinski definition) is 1. The Morgan fingerprint density at radius 2 is 1.55 bits per heavy atom. The van der Waals surface area contributed by atoms with E-state index in [0.717, 1.165) is 12.8 Å². The fourth-order valence-electron chi connectivity index (χ4n) is 5.32. The molecule has 2 saturated heterocycles. The topological polar surface area (TPSA) is 82.2 Å². The standard InChI is InChI=1S/C31H33FN4O4/c32-25-6-10-27(11-7-25)40-28-12-8-26(9-13-28)33-31(39)29-19-24(18-23-4-2-1-3-5-23)20-36(29)30(38)21-34-14-16-35(22-37)17-15-34/h1-13,22,24,29H,14-21H2,(H,33,39)/t24-,29+/m1/s1. The van der Waals surface area contributed by atoms with Gasteiger partial charge in [0.2, 0.25) is 18.2 Å². The maximum Gasteiger partial charge on any atom is 0.247 e. The van der Waals surface area contributed by atoms with Crippen molar-refractivity contribution in [2.45, 2.75) is 18.9 Å². The number of likely N-dealkylation sites (tertiary alicyclic amines) is 1. The molecule has 0 spiro atoms. The third kappa shape index (κ3) is 7.04. The Morgan fingerprint density at radius 3 is 2.20 bits per heavy atom. The molecule has 5 rings (SSSR count). The summed E-state index contributed by atoms with van der Waals surface area (Å²) in [4.78, 5) is 43.4. The molecule has 0 saturated carbocycles. The van der Waals surface area contributed by atoms with E-state index in [1.807, 2.05) is 23.1 Å². The first-order chi connectivity index (χ1) is 19.5. The number of hydrogen-bond acceptors (Lipinski definition) is 5. The predicted molar refractivity (Wildman–Crippen MR) is 149 cm³/mol. The van der Waals surface area contributed by atoms with E-state index in [1.54, 1.807) is 46.2 Å². The molecular formula is C31H33FN4O4. The summed E-state index contributed by atoms with van der Waals surface area (Å²) in [6.07, 6.45) is 2.22. The van der Waals surface area contributed by atoms with Crippen LogP contribution in [0.4, 0.5) is 10.1 Å². The number of ether oxygens (including phenoxy) is 1. The minimum Gasteiger partial charge on any atom is -0.457 e. The number of rotatable bonds is 9. The van der Waals surface area contributed by atoms with Crippen LogP contribution in [-0.4, -0.2) is 78.2 Å². The van der Waals surface area contributed by atoms with E-state index in [-0.39, 0.29) is 30.1 Å². The molecule has 208 valence electrons. The molecule has 3 aromatic rings. The number of piperazine rings is 1. The zero-order valence-corrected chi connectivity index (χ0v) is 22.2. The average Bonchev–Trinajstić information content (AvgIpc) is 3.40. The van der Waals surface area contributed by atoms with Gasteiger partial charge in [-0.1, -0.05) is 30.3 Å². The highest BCUT2D eigenvalue weighted by Gasteiger charge is 2.40. The number of carbonyl (C=O) groups is 3. The lowest BCUT2D eigenvalue weighted by Crippen LogP contribution is -2.51. The zero-order chi connectivity index (χ0) is 27.9. The van der Waals surface area contributed by atoms with E-state index >= 15 is 0 Å². The average molecular weight is 545 g/mol. The van der Waals surface area contributed by atoms with Crippen LogP contribution in [0.3, 0.4) is 0 Å². The second-order valence-electron chi connectivity index (χ2n) is 10.3. The van der Waals surface area contributed by atoms with E-state index in [4.69, 9.17) is 4.74 Å². The van der Waals surface area contributed by atoms with Crippen molar-refractivity contribution < 1.29 is 23.5 Å². The van der Waals surface area contributed by atoms with Crippen LogP contribution in [0.2, 0.25) is 0 Å². The van der Waals surface area contributed by atoms with Gasteiger partial charge in [0.05, 0.1) is 6.54 Å². The maximum atomic E-state index is 13.5. The largest absolute Gasteiger partial charge is 0.457 e. The van der Waals surface area contributed by atoms with Crippen LogP contribution in [0.15, 0.2) is 78.9 Å². The Balaban J connectivity index is 1.24. The Bertz CT molecular complexity index is 1300. The van der Waals surface area contributed by atoms with Gasteiger partial charge in [0.15, 0.2) is 0 Å². The number of anilines is 1. The highest BCUT2D eigenvalue weighted by molar-refractivity contribution is 5.97. The summed E-state index contributed by atoms with van der Waals surface area (Å²) in [6, 6.07) is 22.2. The molecule has 0 unspecified atom stereocenters. The third-order valence-electron chi connectivity index (χ3n) is 7.46. The molecule has 2 fully saturated rings. The molecule has 2 aliphatic rings. The molecule has 2 atom stereocenters. The predicted octanol–water partition coefficient (Wildman–Crippen LogP) is 3.79.